The van der Waals surface area contributed by atoms with Crippen molar-refractivity contribution < 1.29 is 9.59 Å². The zero-order chi connectivity index (χ0) is 12.4. The van der Waals surface area contributed by atoms with Gasteiger partial charge in [-0.1, -0.05) is 32.9 Å². The predicted molar refractivity (Wildman–Crippen MR) is 64.1 cm³/mol. The van der Waals surface area contributed by atoms with Crippen LogP contribution in [0.5, 0.6) is 0 Å². The molecule has 0 unspecified atom stereocenters. The molecule has 0 heterocycles. The number of hydrogen-bond acceptors (Lipinski definition) is 2. The molecule has 0 fully saturated rings. The highest BCUT2D eigenvalue weighted by Gasteiger charge is 2.19. The molecule has 2 amide bonds. The third-order valence-electron chi connectivity index (χ3n) is 2.42. The lowest BCUT2D eigenvalue weighted by Crippen LogP contribution is -2.42. The van der Waals surface area contributed by atoms with Crippen LogP contribution in [-0.2, 0) is 9.59 Å². The van der Waals surface area contributed by atoms with E-state index in [1.54, 1.807) is 0 Å². The summed E-state index contributed by atoms with van der Waals surface area (Å²) in [5.41, 5.74) is 0. The van der Waals surface area contributed by atoms with Crippen molar-refractivity contribution in [2.45, 2.75) is 38.8 Å². The third kappa shape index (κ3) is 4.29. The fourth-order valence-electron chi connectivity index (χ4n) is 1.50. The van der Waals surface area contributed by atoms with Gasteiger partial charge in [-0.2, -0.15) is 0 Å². The zero-order valence-corrected chi connectivity index (χ0v) is 9.84. The van der Waals surface area contributed by atoms with Crippen molar-refractivity contribution >= 4 is 12.8 Å². The van der Waals surface area contributed by atoms with Gasteiger partial charge in [0.1, 0.15) is 6.17 Å². The van der Waals surface area contributed by atoms with Crippen LogP contribution in [-0.4, -0.2) is 28.8 Å². The summed E-state index contributed by atoms with van der Waals surface area (Å²) < 4.78 is 0. The van der Waals surface area contributed by atoms with Gasteiger partial charge < -0.3 is 9.80 Å². The smallest absolute Gasteiger partial charge is 0.215 e. The van der Waals surface area contributed by atoms with Crippen LogP contribution in [0.1, 0.15) is 32.6 Å². The topological polar surface area (TPSA) is 40.6 Å². The maximum Gasteiger partial charge on any atom is 0.215 e. The van der Waals surface area contributed by atoms with Crippen LogP contribution in [0.2, 0.25) is 0 Å². The predicted octanol–water partition coefficient (Wildman–Crippen LogP) is 2.10. The number of hydrogen-bond donors (Lipinski definition) is 0. The molecule has 0 bridgehead atoms. The molecule has 0 saturated heterocycles. The van der Waals surface area contributed by atoms with Crippen molar-refractivity contribution in [1.29, 1.82) is 0 Å². The molecule has 0 aliphatic carbocycles. The highest BCUT2D eigenvalue weighted by atomic mass is 16.1. The molecule has 16 heavy (non-hydrogen) atoms. The van der Waals surface area contributed by atoms with Gasteiger partial charge in [-0.3, -0.25) is 9.59 Å². The summed E-state index contributed by atoms with van der Waals surface area (Å²) in [4.78, 5) is 24.4. The first-order valence-corrected chi connectivity index (χ1v) is 5.45. The first kappa shape index (κ1) is 14.4. The van der Waals surface area contributed by atoms with Gasteiger partial charge in [0, 0.05) is 12.4 Å². The Labute approximate surface area is 97.2 Å². The molecule has 90 valence electrons. The van der Waals surface area contributed by atoms with Crippen LogP contribution in [0, 0.1) is 0 Å². The molecule has 0 spiro atoms. The van der Waals surface area contributed by atoms with Crippen LogP contribution >= 0.6 is 0 Å². The second-order valence-electron chi connectivity index (χ2n) is 3.45. The molecule has 0 aliphatic heterocycles. The van der Waals surface area contributed by atoms with Crippen molar-refractivity contribution in [3.63, 3.8) is 0 Å². The largest absolute Gasteiger partial charge is 0.301 e. The van der Waals surface area contributed by atoms with E-state index in [0.717, 1.165) is 25.7 Å². The minimum atomic E-state index is -0.309. The summed E-state index contributed by atoms with van der Waals surface area (Å²) in [5.74, 6) is 0. The summed E-state index contributed by atoms with van der Waals surface area (Å²) >= 11 is 0. The molecule has 0 radical (unpaired) electrons. The van der Waals surface area contributed by atoms with Crippen molar-refractivity contribution in [2.24, 2.45) is 0 Å². The molecule has 4 heteroatoms. The number of unbranched alkanes of at least 4 members (excludes halogenated alkanes) is 2. The number of rotatable bonds is 10. The average Bonchev–Trinajstić information content (AvgIpc) is 2.31. The number of amides is 2. The molecule has 0 aromatic heterocycles. The van der Waals surface area contributed by atoms with Crippen LogP contribution in [0.15, 0.2) is 25.6 Å². The van der Waals surface area contributed by atoms with Crippen molar-refractivity contribution in [3.8, 4) is 0 Å². The Bertz CT molecular complexity index is 205. The van der Waals surface area contributed by atoms with Gasteiger partial charge in [-0.25, -0.2) is 0 Å². The summed E-state index contributed by atoms with van der Waals surface area (Å²) in [5, 5.41) is 0. The SMILES string of the molecule is C=CN(C=O)C(CCCCC)N(C=C)C=O. The van der Waals surface area contributed by atoms with E-state index in [-0.39, 0.29) is 6.17 Å². The second kappa shape index (κ2) is 8.71. The van der Waals surface area contributed by atoms with Gasteiger partial charge in [0.2, 0.25) is 12.8 Å². The number of carbonyl (C=O) groups excluding carboxylic acids is 2. The van der Waals surface area contributed by atoms with Crippen molar-refractivity contribution in [2.75, 3.05) is 0 Å². The maximum atomic E-state index is 10.8. The summed E-state index contributed by atoms with van der Waals surface area (Å²) in [6.07, 6.45) is 7.72. The van der Waals surface area contributed by atoms with E-state index in [1.807, 2.05) is 0 Å². The van der Waals surface area contributed by atoms with Gasteiger partial charge >= 0.3 is 0 Å². The molecular weight excluding hydrogens is 204 g/mol. The van der Waals surface area contributed by atoms with Crippen LogP contribution in [0.4, 0.5) is 0 Å². The van der Waals surface area contributed by atoms with E-state index in [1.165, 1.54) is 22.2 Å². The molecule has 0 aliphatic rings. The first-order valence-electron chi connectivity index (χ1n) is 5.45. The van der Waals surface area contributed by atoms with Crippen molar-refractivity contribution in [1.82, 2.24) is 9.80 Å². The highest BCUT2D eigenvalue weighted by Crippen LogP contribution is 2.12. The minimum Gasteiger partial charge on any atom is -0.301 e. The molecular formula is C12H20N2O2. The molecule has 0 atom stereocenters. The van der Waals surface area contributed by atoms with Crippen molar-refractivity contribution in [3.05, 3.63) is 25.6 Å². The Kier molecular flexibility index (Phi) is 7.85. The number of carbonyl (C=O) groups is 2. The lowest BCUT2D eigenvalue weighted by Gasteiger charge is -2.31. The highest BCUT2D eigenvalue weighted by molar-refractivity contribution is 5.54. The molecule has 0 rings (SSSR count). The van der Waals surface area contributed by atoms with E-state index in [4.69, 9.17) is 0 Å². The fraction of sp³-hybridized carbons (Fsp3) is 0.500. The van der Waals surface area contributed by atoms with Gasteiger partial charge in [0.25, 0.3) is 0 Å². The number of nitrogens with zero attached hydrogens (tertiary/aromatic N) is 2. The fourth-order valence-corrected chi connectivity index (χ4v) is 1.50. The Balaban J connectivity index is 4.58. The quantitative estimate of drug-likeness (QED) is 0.324. The summed E-state index contributed by atoms with van der Waals surface area (Å²) in [6, 6.07) is 0. The Morgan fingerprint density at radius 2 is 1.56 bits per heavy atom. The molecule has 0 aromatic rings. The molecule has 0 N–H and O–H groups in total. The average molecular weight is 224 g/mol. The maximum absolute atomic E-state index is 10.8. The lowest BCUT2D eigenvalue weighted by atomic mass is 10.1. The third-order valence-corrected chi connectivity index (χ3v) is 2.42. The Morgan fingerprint density at radius 3 is 1.88 bits per heavy atom. The molecule has 4 nitrogen and oxygen atoms in total. The van der Waals surface area contributed by atoms with Gasteiger partial charge in [0.05, 0.1) is 0 Å². The second-order valence-corrected chi connectivity index (χ2v) is 3.45. The van der Waals surface area contributed by atoms with E-state index < -0.39 is 0 Å². The van der Waals surface area contributed by atoms with Crippen LogP contribution in [0.3, 0.4) is 0 Å². The molecule has 0 aromatic carbocycles. The first-order chi connectivity index (χ1) is 7.74. The van der Waals surface area contributed by atoms with E-state index >= 15 is 0 Å². The zero-order valence-electron chi connectivity index (χ0n) is 9.84. The summed E-state index contributed by atoms with van der Waals surface area (Å²) in [7, 11) is 0. The van der Waals surface area contributed by atoms with E-state index in [2.05, 4.69) is 20.1 Å². The lowest BCUT2D eigenvalue weighted by molar-refractivity contribution is -0.126. The monoisotopic (exact) mass is 224 g/mol. The van der Waals surface area contributed by atoms with Gasteiger partial charge in [-0.05, 0) is 12.8 Å². The van der Waals surface area contributed by atoms with E-state index in [9.17, 15) is 9.59 Å². The summed E-state index contributed by atoms with van der Waals surface area (Å²) in [6.45, 7) is 9.20. The minimum absolute atomic E-state index is 0.309. The van der Waals surface area contributed by atoms with E-state index in [0.29, 0.717) is 12.8 Å². The Hall–Kier alpha value is -1.58. The Morgan fingerprint density at radius 1 is 1.06 bits per heavy atom. The molecule has 0 saturated carbocycles. The van der Waals surface area contributed by atoms with Crippen LogP contribution < -0.4 is 0 Å². The van der Waals surface area contributed by atoms with Gasteiger partial charge in [-0.15, -0.1) is 0 Å². The standard InChI is InChI=1S/C12H20N2O2/c1-4-7-8-9-12(13(5-2)10-15)14(6-3)11-16/h5-6,10-12H,2-4,7-9H2,1H3. The van der Waals surface area contributed by atoms with Gasteiger partial charge in [0.15, 0.2) is 0 Å². The normalized spacial score (nSPS) is 9.62. The van der Waals surface area contributed by atoms with Crippen LogP contribution in [0.25, 0.3) is 0 Å².